The minimum Gasteiger partial charge on any atom is -0.383 e. The molecule has 1 aromatic carbocycles. The number of imidazole rings is 1. The van der Waals surface area contributed by atoms with Crippen molar-refractivity contribution in [1.82, 2.24) is 24.9 Å². The number of benzene rings is 1. The standard InChI is InChI=1S/C23H23N7/c24-21-18(7-4-10-26-21)22-28-20-9-8-19(15-5-2-1-3-6-15)27-23(20)30(22)29-13-16-11-25-12-17(16)14-29/h1-10,16-17,25H,11-14H2,(H2,24,26)/t16-,17+. The Morgan fingerprint density at radius 1 is 0.900 bits per heavy atom. The van der Waals surface area contributed by atoms with E-state index in [4.69, 9.17) is 15.7 Å². The number of pyridine rings is 2. The Morgan fingerprint density at radius 3 is 2.47 bits per heavy atom. The molecule has 0 spiro atoms. The van der Waals surface area contributed by atoms with Crippen LogP contribution < -0.4 is 16.1 Å². The van der Waals surface area contributed by atoms with E-state index in [9.17, 15) is 0 Å². The minimum absolute atomic E-state index is 0.485. The van der Waals surface area contributed by atoms with Crippen LogP contribution in [0, 0.1) is 11.8 Å². The zero-order valence-corrected chi connectivity index (χ0v) is 16.6. The third kappa shape index (κ3) is 2.74. The van der Waals surface area contributed by atoms with E-state index < -0.39 is 0 Å². The van der Waals surface area contributed by atoms with Crippen molar-refractivity contribution in [1.29, 1.82) is 0 Å². The normalized spacial score (nSPS) is 20.7. The number of nitrogen functional groups attached to an aromatic ring is 1. The molecule has 2 aliphatic heterocycles. The number of hydrogen-bond donors (Lipinski definition) is 2. The summed E-state index contributed by atoms with van der Waals surface area (Å²) in [4.78, 5) is 14.3. The van der Waals surface area contributed by atoms with Gasteiger partial charge in [0.05, 0.1) is 11.3 Å². The van der Waals surface area contributed by atoms with Gasteiger partial charge in [0, 0.05) is 37.9 Å². The van der Waals surface area contributed by atoms with Crippen LogP contribution in [0.15, 0.2) is 60.8 Å². The zero-order chi connectivity index (χ0) is 20.1. The number of nitrogens with one attached hydrogen (secondary N) is 1. The maximum absolute atomic E-state index is 6.24. The molecule has 7 heteroatoms. The molecular weight excluding hydrogens is 374 g/mol. The van der Waals surface area contributed by atoms with Crippen LogP contribution in [0.2, 0.25) is 0 Å². The van der Waals surface area contributed by atoms with E-state index in [1.807, 2.05) is 36.4 Å². The second-order valence-electron chi connectivity index (χ2n) is 8.14. The molecule has 2 aliphatic rings. The molecule has 2 atom stereocenters. The van der Waals surface area contributed by atoms with Gasteiger partial charge in [-0.25, -0.2) is 19.6 Å². The Balaban J connectivity index is 1.55. The molecule has 7 nitrogen and oxygen atoms in total. The summed E-state index contributed by atoms with van der Waals surface area (Å²) in [5.41, 5.74) is 10.8. The molecule has 6 rings (SSSR count). The number of anilines is 1. The van der Waals surface area contributed by atoms with Crippen LogP contribution in [0.5, 0.6) is 0 Å². The van der Waals surface area contributed by atoms with Crippen LogP contribution >= 0.6 is 0 Å². The Bertz CT molecular complexity index is 1200. The van der Waals surface area contributed by atoms with Crippen molar-refractivity contribution in [2.45, 2.75) is 0 Å². The third-order valence-corrected chi connectivity index (χ3v) is 6.28. The fraction of sp³-hybridized carbons (Fsp3) is 0.261. The van der Waals surface area contributed by atoms with Crippen molar-refractivity contribution in [2.24, 2.45) is 11.8 Å². The van der Waals surface area contributed by atoms with Crippen molar-refractivity contribution in [3.63, 3.8) is 0 Å². The van der Waals surface area contributed by atoms with Gasteiger partial charge in [-0.2, -0.15) is 0 Å². The smallest absolute Gasteiger partial charge is 0.180 e. The first kappa shape index (κ1) is 17.4. The summed E-state index contributed by atoms with van der Waals surface area (Å²) < 4.78 is 2.17. The third-order valence-electron chi connectivity index (χ3n) is 6.28. The lowest BCUT2D eigenvalue weighted by molar-refractivity contribution is 0.533. The Labute approximate surface area is 174 Å². The molecule has 0 saturated carbocycles. The van der Waals surface area contributed by atoms with Crippen LogP contribution in [0.25, 0.3) is 33.8 Å². The molecule has 30 heavy (non-hydrogen) atoms. The molecule has 0 aliphatic carbocycles. The van der Waals surface area contributed by atoms with Crippen molar-refractivity contribution in [3.05, 3.63) is 60.8 Å². The van der Waals surface area contributed by atoms with Crippen LogP contribution in [0.3, 0.4) is 0 Å². The lowest BCUT2D eigenvalue weighted by atomic mass is 10.0. The Hall–Kier alpha value is -3.45. The first-order valence-corrected chi connectivity index (χ1v) is 10.4. The van der Waals surface area contributed by atoms with Crippen molar-refractivity contribution < 1.29 is 0 Å². The minimum atomic E-state index is 0.485. The maximum atomic E-state index is 6.24. The van der Waals surface area contributed by atoms with E-state index >= 15 is 0 Å². The molecule has 4 aromatic rings. The first-order chi connectivity index (χ1) is 14.8. The summed E-state index contributed by atoms with van der Waals surface area (Å²) >= 11 is 0. The van der Waals surface area contributed by atoms with Crippen molar-refractivity contribution in [2.75, 3.05) is 36.9 Å². The largest absolute Gasteiger partial charge is 0.383 e. The van der Waals surface area contributed by atoms with Gasteiger partial charge in [0.25, 0.3) is 0 Å². The summed E-state index contributed by atoms with van der Waals surface area (Å²) in [5.74, 6) is 2.59. The highest BCUT2D eigenvalue weighted by Crippen LogP contribution is 2.33. The van der Waals surface area contributed by atoms with Gasteiger partial charge < -0.3 is 16.1 Å². The molecule has 2 saturated heterocycles. The summed E-state index contributed by atoms with van der Waals surface area (Å²) in [7, 11) is 0. The van der Waals surface area contributed by atoms with Gasteiger partial charge in [-0.15, -0.1) is 0 Å². The van der Waals surface area contributed by atoms with Gasteiger partial charge in [0.2, 0.25) is 0 Å². The van der Waals surface area contributed by atoms with Crippen LogP contribution in [-0.4, -0.2) is 45.8 Å². The second kappa shape index (κ2) is 6.81. The molecule has 3 N–H and O–H groups in total. The molecule has 2 fully saturated rings. The predicted molar refractivity (Wildman–Crippen MR) is 118 cm³/mol. The fourth-order valence-electron chi connectivity index (χ4n) is 4.76. The Morgan fingerprint density at radius 2 is 1.70 bits per heavy atom. The molecule has 5 heterocycles. The van der Waals surface area contributed by atoms with Gasteiger partial charge >= 0.3 is 0 Å². The van der Waals surface area contributed by atoms with Crippen LogP contribution in [0.1, 0.15) is 0 Å². The molecule has 3 aromatic heterocycles. The maximum Gasteiger partial charge on any atom is 0.180 e. The van der Waals surface area contributed by atoms with Crippen molar-refractivity contribution >= 4 is 17.0 Å². The highest BCUT2D eigenvalue weighted by Gasteiger charge is 2.38. The number of nitrogens with two attached hydrogens (primary N) is 1. The van der Waals surface area contributed by atoms with E-state index in [0.717, 1.165) is 60.0 Å². The Kier molecular flexibility index (Phi) is 3.95. The van der Waals surface area contributed by atoms with Gasteiger partial charge in [0.15, 0.2) is 11.5 Å². The van der Waals surface area contributed by atoms with Gasteiger partial charge in [-0.1, -0.05) is 30.3 Å². The number of nitrogens with zero attached hydrogens (tertiary/aromatic N) is 5. The number of fused-ring (bicyclic) bond motifs is 2. The van der Waals surface area contributed by atoms with Crippen LogP contribution in [-0.2, 0) is 0 Å². The topological polar surface area (TPSA) is 84.9 Å². The monoisotopic (exact) mass is 397 g/mol. The predicted octanol–water partition coefficient (Wildman–Crippen LogP) is 2.53. The number of aromatic nitrogens is 4. The number of rotatable bonds is 3. The van der Waals surface area contributed by atoms with E-state index in [1.165, 1.54) is 0 Å². The van der Waals surface area contributed by atoms with Gasteiger partial charge in [0.1, 0.15) is 11.3 Å². The zero-order valence-electron chi connectivity index (χ0n) is 16.6. The fourth-order valence-corrected chi connectivity index (χ4v) is 4.76. The molecule has 150 valence electrons. The lowest BCUT2D eigenvalue weighted by Crippen LogP contribution is -2.35. The second-order valence-corrected chi connectivity index (χ2v) is 8.14. The summed E-state index contributed by atoms with van der Waals surface area (Å²) in [6.45, 7) is 4.10. The van der Waals surface area contributed by atoms with Crippen molar-refractivity contribution in [3.8, 4) is 22.6 Å². The lowest BCUT2D eigenvalue weighted by Gasteiger charge is -2.24. The molecule has 0 amide bonds. The summed E-state index contributed by atoms with van der Waals surface area (Å²) in [5, 5.41) is 5.90. The molecule has 0 unspecified atom stereocenters. The van der Waals surface area contributed by atoms with Crippen LogP contribution in [0.4, 0.5) is 5.82 Å². The average molecular weight is 397 g/mol. The molecular formula is C23H23N7. The summed E-state index contributed by atoms with van der Waals surface area (Å²) in [6.07, 6.45) is 1.71. The van der Waals surface area contributed by atoms with E-state index in [-0.39, 0.29) is 0 Å². The number of hydrogen-bond acceptors (Lipinski definition) is 6. The van der Waals surface area contributed by atoms with Gasteiger partial charge in [-0.05, 0) is 36.1 Å². The molecule has 0 bridgehead atoms. The van der Waals surface area contributed by atoms with E-state index in [0.29, 0.717) is 17.7 Å². The quantitative estimate of drug-likeness (QED) is 0.553. The highest BCUT2D eigenvalue weighted by atomic mass is 15.6. The SMILES string of the molecule is Nc1ncccc1-c1nc2ccc(-c3ccccc3)nc2n1N1C[C@H]2CNC[C@H]2C1. The summed E-state index contributed by atoms with van der Waals surface area (Å²) in [6, 6.07) is 18.2. The first-order valence-electron chi connectivity index (χ1n) is 10.4. The average Bonchev–Trinajstić information content (AvgIpc) is 3.47. The van der Waals surface area contributed by atoms with E-state index in [1.54, 1.807) is 6.20 Å². The highest BCUT2D eigenvalue weighted by molar-refractivity contribution is 5.82. The van der Waals surface area contributed by atoms with E-state index in [2.05, 4.69) is 38.2 Å². The molecule has 0 radical (unpaired) electrons. The van der Waals surface area contributed by atoms with Gasteiger partial charge in [-0.3, -0.25) is 0 Å².